The summed E-state index contributed by atoms with van der Waals surface area (Å²) in [5.74, 6) is 1.72. The lowest BCUT2D eigenvalue weighted by atomic mass is 9.88. The summed E-state index contributed by atoms with van der Waals surface area (Å²) >= 11 is 0. The van der Waals surface area contributed by atoms with Crippen molar-refractivity contribution in [2.24, 2.45) is 11.8 Å². The smallest absolute Gasteiger partial charge is 0.121 e. The SMILES string of the molecule is O=CCCN1CCC(CCCC2C=CC=CC2)CC1. The first kappa shape index (κ1) is 14.5. The maximum Gasteiger partial charge on any atom is 0.121 e. The minimum Gasteiger partial charge on any atom is -0.303 e. The number of allylic oxidation sites excluding steroid dienone is 4. The molecule has 1 atom stereocenters. The first-order valence-electron chi connectivity index (χ1n) is 7.88. The quantitative estimate of drug-likeness (QED) is 0.653. The number of aldehydes is 1. The van der Waals surface area contributed by atoms with Crippen molar-refractivity contribution in [3.05, 3.63) is 24.3 Å². The van der Waals surface area contributed by atoms with E-state index in [2.05, 4.69) is 29.2 Å². The Morgan fingerprint density at radius 1 is 1.16 bits per heavy atom. The van der Waals surface area contributed by atoms with Gasteiger partial charge in [-0.2, -0.15) is 0 Å². The van der Waals surface area contributed by atoms with Crippen LogP contribution in [0.3, 0.4) is 0 Å². The lowest BCUT2D eigenvalue weighted by Crippen LogP contribution is -2.34. The maximum absolute atomic E-state index is 10.4. The van der Waals surface area contributed by atoms with Crippen molar-refractivity contribution in [2.75, 3.05) is 19.6 Å². The number of likely N-dealkylation sites (tertiary alicyclic amines) is 1. The largest absolute Gasteiger partial charge is 0.303 e. The summed E-state index contributed by atoms with van der Waals surface area (Å²) in [6, 6.07) is 0. The van der Waals surface area contributed by atoms with Crippen LogP contribution in [-0.4, -0.2) is 30.8 Å². The van der Waals surface area contributed by atoms with Gasteiger partial charge in [-0.05, 0) is 50.6 Å². The summed E-state index contributed by atoms with van der Waals surface area (Å²) in [5, 5.41) is 0. The van der Waals surface area contributed by atoms with Gasteiger partial charge >= 0.3 is 0 Å². The highest BCUT2D eigenvalue weighted by Gasteiger charge is 2.18. The molecule has 1 saturated heterocycles. The van der Waals surface area contributed by atoms with Gasteiger partial charge < -0.3 is 9.69 Å². The third kappa shape index (κ3) is 5.32. The Labute approximate surface area is 117 Å². The molecule has 1 heterocycles. The van der Waals surface area contributed by atoms with Crippen LogP contribution in [0.15, 0.2) is 24.3 Å². The van der Waals surface area contributed by atoms with Crippen molar-refractivity contribution < 1.29 is 4.79 Å². The number of carbonyl (C=O) groups is 1. The fraction of sp³-hybridized carbons (Fsp3) is 0.706. The van der Waals surface area contributed by atoms with Crippen molar-refractivity contribution in [2.45, 2.75) is 44.9 Å². The molecule has 1 fully saturated rings. The Bertz CT molecular complexity index is 313. The van der Waals surface area contributed by atoms with E-state index in [4.69, 9.17) is 0 Å². The highest BCUT2D eigenvalue weighted by Crippen LogP contribution is 2.25. The molecule has 0 N–H and O–H groups in total. The van der Waals surface area contributed by atoms with Crippen LogP contribution in [0.5, 0.6) is 0 Å². The number of piperidine rings is 1. The Morgan fingerprint density at radius 2 is 2.00 bits per heavy atom. The Kier molecular flexibility index (Phi) is 6.35. The van der Waals surface area contributed by atoms with Gasteiger partial charge in [0.25, 0.3) is 0 Å². The highest BCUT2D eigenvalue weighted by atomic mass is 16.1. The monoisotopic (exact) mass is 261 g/mol. The number of hydrogen-bond donors (Lipinski definition) is 0. The summed E-state index contributed by atoms with van der Waals surface area (Å²) in [7, 11) is 0. The Morgan fingerprint density at radius 3 is 2.68 bits per heavy atom. The van der Waals surface area contributed by atoms with Crippen molar-refractivity contribution in [3.8, 4) is 0 Å². The molecule has 2 nitrogen and oxygen atoms in total. The molecule has 0 aromatic carbocycles. The standard InChI is InChI=1S/C17H27NO/c19-15-5-12-18-13-10-17(11-14-18)9-4-8-16-6-2-1-3-7-16/h1-3,6,15-17H,4-5,7-14H2. The third-order valence-corrected chi connectivity index (χ3v) is 4.53. The van der Waals surface area contributed by atoms with Crippen LogP contribution in [0.1, 0.15) is 44.9 Å². The molecule has 19 heavy (non-hydrogen) atoms. The van der Waals surface area contributed by atoms with Gasteiger partial charge in [-0.15, -0.1) is 0 Å². The average molecular weight is 261 g/mol. The fourth-order valence-corrected chi connectivity index (χ4v) is 3.25. The van der Waals surface area contributed by atoms with E-state index in [1.165, 1.54) is 51.6 Å². The topological polar surface area (TPSA) is 20.3 Å². The molecule has 0 aromatic heterocycles. The van der Waals surface area contributed by atoms with Crippen LogP contribution < -0.4 is 0 Å². The van der Waals surface area contributed by atoms with Crippen molar-refractivity contribution in [1.82, 2.24) is 4.90 Å². The van der Waals surface area contributed by atoms with E-state index in [9.17, 15) is 4.79 Å². The molecule has 2 rings (SSSR count). The molecule has 2 aliphatic rings. The van der Waals surface area contributed by atoms with E-state index in [0.29, 0.717) is 6.42 Å². The van der Waals surface area contributed by atoms with Crippen molar-refractivity contribution in [3.63, 3.8) is 0 Å². The van der Waals surface area contributed by atoms with Crippen LogP contribution in [0.2, 0.25) is 0 Å². The number of nitrogens with zero attached hydrogens (tertiary/aromatic N) is 1. The van der Waals surface area contributed by atoms with Crippen LogP contribution in [0.25, 0.3) is 0 Å². The lowest BCUT2D eigenvalue weighted by Gasteiger charge is -2.31. The summed E-state index contributed by atoms with van der Waals surface area (Å²) in [5.41, 5.74) is 0. The second-order valence-electron chi connectivity index (χ2n) is 5.98. The van der Waals surface area contributed by atoms with E-state index < -0.39 is 0 Å². The zero-order valence-electron chi connectivity index (χ0n) is 12.0. The van der Waals surface area contributed by atoms with Gasteiger partial charge in [0, 0.05) is 13.0 Å². The molecule has 0 aromatic rings. The third-order valence-electron chi connectivity index (χ3n) is 4.53. The van der Waals surface area contributed by atoms with Crippen LogP contribution >= 0.6 is 0 Å². The number of carbonyl (C=O) groups excluding carboxylic acids is 1. The summed E-state index contributed by atoms with van der Waals surface area (Å²) in [6.07, 6.45) is 18.8. The molecule has 0 spiro atoms. The van der Waals surface area contributed by atoms with Gasteiger partial charge in [0.15, 0.2) is 0 Å². The highest BCUT2D eigenvalue weighted by molar-refractivity contribution is 5.49. The number of hydrogen-bond acceptors (Lipinski definition) is 2. The predicted molar refractivity (Wildman–Crippen MR) is 80.1 cm³/mol. The normalized spacial score (nSPS) is 24.7. The minimum absolute atomic E-state index is 0.701. The van der Waals surface area contributed by atoms with E-state index in [1.807, 2.05) is 0 Å². The molecule has 2 heteroatoms. The molecule has 1 aliphatic carbocycles. The first-order chi connectivity index (χ1) is 9.38. The van der Waals surface area contributed by atoms with E-state index >= 15 is 0 Å². The van der Waals surface area contributed by atoms with E-state index in [-0.39, 0.29) is 0 Å². The zero-order valence-corrected chi connectivity index (χ0v) is 12.0. The van der Waals surface area contributed by atoms with E-state index in [0.717, 1.165) is 24.7 Å². The Hall–Kier alpha value is -0.890. The minimum atomic E-state index is 0.701. The average Bonchev–Trinajstić information content (AvgIpc) is 2.47. The van der Waals surface area contributed by atoms with Gasteiger partial charge in [0.2, 0.25) is 0 Å². The summed E-state index contributed by atoms with van der Waals surface area (Å²) < 4.78 is 0. The fourth-order valence-electron chi connectivity index (χ4n) is 3.25. The molecular weight excluding hydrogens is 234 g/mol. The molecule has 0 radical (unpaired) electrons. The van der Waals surface area contributed by atoms with Gasteiger partial charge in [-0.25, -0.2) is 0 Å². The second kappa shape index (κ2) is 8.31. The molecule has 1 aliphatic heterocycles. The molecule has 1 unspecified atom stereocenters. The Balaban J connectivity index is 1.54. The molecule has 106 valence electrons. The van der Waals surface area contributed by atoms with Gasteiger partial charge in [-0.3, -0.25) is 0 Å². The van der Waals surface area contributed by atoms with Crippen molar-refractivity contribution >= 4 is 6.29 Å². The second-order valence-corrected chi connectivity index (χ2v) is 5.98. The van der Waals surface area contributed by atoms with Crippen LogP contribution in [0, 0.1) is 11.8 Å². The van der Waals surface area contributed by atoms with E-state index in [1.54, 1.807) is 0 Å². The van der Waals surface area contributed by atoms with Gasteiger partial charge in [-0.1, -0.05) is 37.1 Å². The maximum atomic E-state index is 10.4. The molecule has 0 saturated carbocycles. The van der Waals surface area contributed by atoms with Crippen LogP contribution in [0.4, 0.5) is 0 Å². The van der Waals surface area contributed by atoms with Crippen molar-refractivity contribution in [1.29, 1.82) is 0 Å². The lowest BCUT2D eigenvalue weighted by molar-refractivity contribution is -0.108. The predicted octanol–water partition coefficient (Wildman–Crippen LogP) is 3.59. The first-order valence-corrected chi connectivity index (χ1v) is 7.88. The molecule has 0 amide bonds. The number of rotatable bonds is 7. The van der Waals surface area contributed by atoms with Crippen LogP contribution in [-0.2, 0) is 4.79 Å². The summed E-state index contributed by atoms with van der Waals surface area (Å²) in [6.45, 7) is 3.37. The molecule has 0 bridgehead atoms. The van der Waals surface area contributed by atoms with Gasteiger partial charge in [0.05, 0.1) is 0 Å². The van der Waals surface area contributed by atoms with Gasteiger partial charge in [0.1, 0.15) is 6.29 Å². The molecular formula is C17H27NO. The summed E-state index contributed by atoms with van der Waals surface area (Å²) in [4.78, 5) is 12.8. The zero-order chi connectivity index (χ0) is 13.3.